The summed E-state index contributed by atoms with van der Waals surface area (Å²) in [4.78, 5) is 7.97. The molecule has 60 valence electrons. The van der Waals surface area contributed by atoms with Crippen LogP contribution in [0.5, 0.6) is 0 Å². The molecule has 0 bridgehead atoms. The first-order chi connectivity index (χ1) is 5.77. The quantitative estimate of drug-likeness (QED) is 0.711. The fourth-order valence-electron chi connectivity index (χ4n) is 1.01. The van der Waals surface area contributed by atoms with Gasteiger partial charge in [-0.05, 0) is 12.1 Å². The van der Waals surface area contributed by atoms with Crippen LogP contribution in [0.15, 0.2) is 29.1 Å². The predicted octanol–water partition coefficient (Wildman–Crippen LogP) is 3.05. The van der Waals surface area contributed by atoms with Crippen molar-refractivity contribution in [3.8, 4) is 0 Å². The summed E-state index contributed by atoms with van der Waals surface area (Å²) in [5.74, 6) is 0. The molecule has 0 unspecified atom stereocenters. The Labute approximate surface area is 82.7 Å². The van der Waals surface area contributed by atoms with Gasteiger partial charge in [-0.15, -0.1) is 0 Å². The van der Waals surface area contributed by atoms with Crippen LogP contribution < -0.4 is 0 Å². The van der Waals surface area contributed by atoms with E-state index in [1.54, 1.807) is 6.20 Å². The van der Waals surface area contributed by atoms with Gasteiger partial charge in [-0.1, -0.05) is 27.5 Å². The molecule has 0 saturated heterocycles. The van der Waals surface area contributed by atoms with Gasteiger partial charge in [0.05, 0.1) is 10.5 Å². The van der Waals surface area contributed by atoms with Crippen molar-refractivity contribution in [1.29, 1.82) is 0 Å². The van der Waals surface area contributed by atoms with E-state index in [0.717, 1.165) is 15.4 Å². The van der Waals surface area contributed by atoms with Crippen LogP contribution in [-0.2, 0) is 0 Å². The zero-order valence-corrected chi connectivity index (χ0v) is 8.30. The Bertz CT molecular complexity index is 430. The Morgan fingerprint density at radius 1 is 1.33 bits per heavy atom. The van der Waals surface area contributed by atoms with E-state index in [9.17, 15) is 0 Å². The summed E-state index contributed by atoms with van der Waals surface area (Å²) in [6.45, 7) is 0. The molecular weight excluding hydrogens is 239 g/mol. The third-order valence-corrected chi connectivity index (χ3v) is 2.31. The predicted molar refractivity (Wildman–Crippen MR) is 52.2 cm³/mol. The molecule has 0 atom stereocenters. The van der Waals surface area contributed by atoms with Crippen molar-refractivity contribution in [3.63, 3.8) is 0 Å². The van der Waals surface area contributed by atoms with Crippen LogP contribution in [0.3, 0.4) is 0 Å². The van der Waals surface area contributed by atoms with Gasteiger partial charge in [0.2, 0.25) is 0 Å². The lowest BCUT2D eigenvalue weighted by atomic mass is 10.2. The van der Waals surface area contributed by atoms with Crippen molar-refractivity contribution in [3.05, 3.63) is 34.2 Å². The number of rotatable bonds is 0. The third-order valence-electron chi connectivity index (χ3n) is 1.54. The minimum absolute atomic E-state index is 0.667. The molecule has 0 aliphatic heterocycles. The molecular formula is C8H4BrClN2. The van der Waals surface area contributed by atoms with E-state index >= 15 is 0 Å². The number of nitrogens with zero attached hydrogens (tertiary/aromatic N) is 2. The molecule has 1 heterocycles. The smallest absolute Gasteiger partial charge is 0.116 e. The maximum atomic E-state index is 5.95. The van der Waals surface area contributed by atoms with Gasteiger partial charge in [0.25, 0.3) is 0 Å². The first-order valence-electron chi connectivity index (χ1n) is 3.32. The van der Waals surface area contributed by atoms with Gasteiger partial charge in [-0.3, -0.25) is 0 Å². The molecule has 0 amide bonds. The van der Waals surface area contributed by atoms with Crippen molar-refractivity contribution >= 4 is 38.4 Å². The molecule has 0 saturated carbocycles. The zero-order valence-electron chi connectivity index (χ0n) is 5.96. The number of hydrogen-bond acceptors (Lipinski definition) is 2. The van der Waals surface area contributed by atoms with Crippen molar-refractivity contribution < 1.29 is 0 Å². The van der Waals surface area contributed by atoms with Gasteiger partial charge in [-0.2, -0.15) is 0 Å². The van der Waals surface area contributed by atoms with Gasteiger partial charge in [0.1, 0.15) is 6.33 Å². The van der Waals surface area contributed by atoms with E-state index in [0.29, 0.717) is 5.02 Å². The summed E-state index contributed by atoms with van der Waals surface area (Å²) in [7, 11) is 0. The van der Waals surface area contributed by atoms with Gasteiger partial charge >= 0.3 is 0 Å². The highest BCUT2D eigenvalue weighted by Gasteiger charge is 2.00. The molecule has 1 aromatic carbocycles. The molecule has 0 spiro atoms. The second-order valence-electron chi connectivity index (χ2n) is 2.34. The van der Waals surface area contributed by atoms with Gasteiger partial charge in [-0.25, -0.2) is 9.97 Å². The van der Waals surface area contributed by atoms with E-state index in [1.165, 1.54) is 6.33 Å². The number of aromatic nitrogens is 2. The molecule has 0 N–H and O–H groups in total. The van der Waals surface area contributed by atoms with Crippen LogP contribution in [0.1, 0.15) is 0 Å². The van der Waals surface area contributed by atoms with Crippen LogP contribution in [0.25, 0.3) is 10.9 Å². The molecule has 2 aromatic rings. The lowest BCUT2D eigenvalue weighted by Crippen LogP contribution is -1.81. The minimum atomic E-state index is 0.667. The van der Waals surface area contributed by atoms with Crippen LogP contribution >= 0.6 is 27.5 Å². The highest BCUT2D eigenvalue weighted by molar-refractivity contribution is 9.10. The molecule has 4 heteroatoms. The van der Waals surface area contributed by atoms with Crippen LogP contribution in [0.2, 0.25) is 5.02 Å². The summed E-state index contributed by atoms with van der Waals surface area (Å²) >= 11 is 9.29. The van der Waals surface area contributed by atoms with Gasteiger partial charge in [0, 0.05) is 16.1 Å². The fourth-order valence-corrected chi connectivity index (χ4v) is 1.85. The Kier molecular flexibility index (Phi) is 1.98. The average molecular weight is 243 g/mol. The van der Waals surface area contributed by atoms with E-state index in [4.69, 9.17) is 11.6 Å². The lowest BCUT2D eigenvalue weighted by Gasteiger charge is -1.98. The number of halogens is 2. The van der Waals surface area contributed by atoms with Crippen molar-refractivity contribution in [1.82, 2.24) is 9.97 Å². The Morgan fingerprint density at radius 2 is 2.17 bits per heavy atom. The molecule has 0 fully saturated rings. The third kappa shape index (κ3) is 1.30. The molecule has 2 rings (SSSR count). The largest absolute Gasteiger partial charge is 0.244 e. The summed E-state index contributed by atoms with van der Waals surface area (Å²) < 4.78 is 0.929. The minimum Gasteiger partial charge on any atom is -0.244 e. The van der Waals surface area contributed by atoms with E-state index < -0.39 is 0 Å². The molecule has 0 aliphatic rings. The maximum Gasteiger partial charge on any atom is 0.116 e. The average Bonchev–Trinajstić information content (AvgIpc) is 2.04. The highest BCUT2D eigenvalue weighted by atomic mass is 79.9. The standard InChI is InChI=1S/C8H4BrClN2/c9-5-1-7(10)6-3-11-4-12-8(6)2-5/h1-4H. The van der Waals surface area contributed by atoms with Crippen LogP contribution in [0.4, 0.5) is 0 Å². The van der Waals surface area contributed by atoms with Crippen molar-refractivity contribution in [2.45, 2.75) is 0 Å². The Morgan fingerprint density at radius 3 is 3.00 bits per heavy atom. The number of fused-ring (bicyclic) bond motifs is 1. The summed E-state index contributed by atoms with van der Waals surface area (Å²) in [6.07, 6.45) is 3.21. The number of hydrogen-bond donors (Lipinski definition) is 0. The molecule has 1 aromatic heterocycles. The van der Waals surface area contributed by atoms with Gasteiger partial charge < -0.3 is 0 Å². The monoisotopic (exact) mass is 242 g/mol. The normalized spacial score (nSPS) is 10.5. The topological polar surface area (TPSA) is 25.8 Å². The van der Waals surface area contributed by atoms with E-state index in [1.807, 2.05) is 12.1 Å². The molecule has 12 heavy (non-hydrogen) atoms. The summed E-state index contributed by atoms with van der Waals surface area (Å²) in [5.41, 5.74) is 0.851. The second-order valence-corrected chi connectivity index (χ2v) is 3.67. The molecule has 0 radical (unpaired) electrons. The van der Waals surface area contributed by atoms with Gasteiger partial charge in [0.15, 0.2) is 0 Å². The first kappa shape index (κ1) is 7.95. The van der Waals surface area contributed by atoms with Crippen LogP contribution in [0, 0.1) is 0 Å². The van der Waals surface area contributed by atoms with Crippen molar-refractivity contribution in [2.24, 2.45) is 0 Å². The van der Waals surface area contributed by atoms with E-state index in [-0.39, 0.29) is 0 Å². The fraction of sp³-hybridized carbons (Fsp3) is 0. The Balaban J connectivity index is 2.89. The summed E-state index contributed by atoms with van der Waals surface area (Å²) in [5, 5.41) is 1.54. The molecule has 2 nitrogen and oxygen atoms in total. The highest BCUT2D eigenvalue weighted by Crippen LogP contribution is 2.25. The SMILES string of the molecule is Clc1cc(Br)cc2ncncc12. The number of benzene rings is 1. The summed E-state index contributed by atoms with van der Waals surface area (Å²) in [6, 6.07) is 3.73. The van der Waals surface area contributed by atoms with Crippen molar-refractivity contribution in [2.75, 3.05) is 0 Å². The lowest BCUT2D eigenvalue weighted by molar-refractivity contribution is 1.22. The second kappa shape index (κ2) is 2.99. The molecule has 0 aliphatic carbocycles. The van der Waals surface area contributed by atoms with E-state index in [2.05, 4.69) is 25.9 Å². The van der Waals surface area contributed by atoms with Crippen LogP contribution in [-0.4, -0.2) is 9.97 Å². The zero-order chi connectivity index (χ0) is 8.55. The Hall–Kier alpha value is -0.670. The maximum absolute atomic E-state index is 5.95. The first-order valence-corrected chi connectivity index (χ1v) is 4.49.